The van der Waals surface area contributed by atoms with E-state index in [4.69, 9.17) is 0 Å². The Kier molecular flexibility index (Phi) is 5.80. The van der Waals surface area contributed by atoms with Gasteiger partial charge in [-0.15, -0.1) is 11.3 Å². The molecule has 0 amide bonds. The maximum Gasteiger partial charge on any atom is 0.0794 e. The molecule has 3 heteroatoms. The van der Waals surface area contributed by atoms with Gasteiger partial charge < -0.3 is 5.32 Å². The van der Waals surface area contributed by atoms with Crippen molar-refractivity contribution in [2.75, 3.05) is 6.54 Å². The van der Waals surface area contributed by atoms with Gasteiger partial charge in [-0.2, -0.15) is 0 Å². The summed E-state index contributed by atoms with van der Waals surface area (Å²) in [5.74, 6) is 0.844. The highest BCUT2D eigenvalue weighted by Gasteiger charge is 1.95. The highest BCUT2D eigenvalue weighted by molar-refractivity contribution is 7.09. The average molecular weight is 212 g/mol. The fraction of sp³-hybridized carbons (Fsp3) is 0.727. The summed E-state index contributed by atoms with van der Waals surface area (Å²) in [4.78, 5) is 5.37. The second-order valence-corrected chi connectivity index (χ2v) is 5.01. The van der Waals surface area contributed by atoms with Gasteiger partial charge in [0.15, 0.2) is 0 Å². The Morgan fingerprint density at radius 2 is 2.29 bits per heavy atom. The van der Waals surface area contributed by atoms with E-state index in [2.05, 4.69) is 24.1 Å². The Morgan fingerprint density at radius 3 is 2.93 bits per heavy atom. The average Bonchev–Trinajstić information content (AvgIpc) is 2.63. The summed E-state index contributed by atoms with van der Waals surface area (Å²) in [5.41, 5.74) is 1.88. The van der Waals surface area contributed by atoms with Crippen LogP contribution in [0.3, 0.4) is 0 Å². The number of unbranched alkanes of at least 4 members (excludes halogenated alkanes) is 1. The van der Waals surface area contributed by atoms with E-state index in [0.29, 0.717) is 0 Å². The molecule has 0 aliphatic carbocycles. The van der Waals surface area contributed by atoms with Crippen LogP contribution in [-0.2, 0) is 6.54 Å². The lowest BCUT2D eigenvalue weighted by atomic mass is 10.1. The van der Waals surface area contributed by atoms with Gasteiger partial charge in [0.05, 0.1) is 5.51 Å². The van der Waals surface area contributed by atoms with E-state index in [1.165, 1.54) is 24.1 Å². The minimum atomic E-state index is 0.844. The van der Waals surface area contributed by atoms with Gasteiger partial charge in [-0.25, -0.2) is 0 Å². The molecule has 0 bridgehead atoms. The molecule has 1 aromatic heterocycles. The normalized spacial score (nSPS) is 11.1. The second kappa shape index (κ2) is 6.96. The van der Waals surface area contributed by atoms with Crippen molar-refractivity contribution in [3.63, 3.8) is 0 Å². The standard InChI is InChI=1S/C11H20N2S/c1-10(2)5-3-4-6-12-7-11-8-13-9-14-11/h8-10,12H,3-7H2,1-2H3. The monoisotopic (exact) mass is 212 g/mol. The van der Waals surface area contributed by atoms with Gasteiger partial charge in [-0.05, 0) is 18.9 Å². The van der Waals surface area contributed by atoms with Gasteiger partial charge in [-0.1, -0.05) is 26.7 Å². The molecule has 1 N–H and O–H groups in total. The Labute approximate surface area is 90.8 Å². The summed E-state index contributed by atoms with van der Waals surface area (Å²) in [5, 5.41) is 3.43. The van der Waals surface area contributed by atoms with Gasteiger partial charge in [0, 0.05) is 17.6 Å². The number of nitrogens with zero attached hydrogens (tertiary/aromatic N) is 1. The molecule has 0 atom stereocenters. The van der Waals surface area contributed by atoms with E-state index >= 15 is 0 Å². The van der Waals surface area contributed by atoms with Crippen molar-refractivity contribution in [1.29, 1.82) is 0 Å². The Hall–Kier alpha value is -0.410. The quantitative estimate of drug-likeness (QED) is 0.703. The van der Waals surface area contributed by atoms with Gasteiger partial charge in [0.25, 0.3) is 0 Å². The highest BCUT2D eigenvalue weighted by atomic mass is 32.1. The first-order chi connectivity index (χ1) is 6.79. The molecular formula is C11H20N2S. The van der Waals surface area contributed by atoms with Gasteiger partial charge >= 0.3 is 0 Å². The molecule has 0 unspecified atom stereocenters. The van der Waals surface area contributed by atoms with E-state index in [0.717, 1.165) is 19.0 Å². The summed E-state index contributed by atoms with van der Waals surface area (Å²) in [6, 6.07) is 0. The van der Waals surface area contributed by atoms with Crippen LogP contribution in [0.1, 0.15) is 38.0 Å². The van der Waals surface area contributed by atoms with E-state index in [1.54, 1.807) is 11.3 Å². The second-order valence-electron chi connectivity index (χ2n) is 4.03. The fourth-order valence-electron chi connectivity index (χ4n) is 1.34. The zero-order chi connectivity index (χ0) is 10.2. The van der Waals surface area contributed by atoms with Crippen molar-refractivity contribution in [2.24, 2.45) is 5.92 Å². The number of nitrogens with one attached hydrogen (secondary N) is 1. The summed E-state index contributed by atoms with van der Waals surface area (Å²) < 4.78 is 0. The first-order valence-electron chi connectivity index (χ1n) is 5.37. The maximum absolute atomic E-state index is 4.04. The lowest BCUT2D eigenvalue weighted by molar-refractivity contribution is 0.521. The van der Waals surface area contributed by atoms with Crippen LogP contribution in [0, 0.1) is 5.92 Å². The van der Waals surface area contributed by atoms with Crippen LogP contribution in [0.4, 0.5) is 0 Å². The van der Waals surface area contributed by atoms with Crippen molar-refractivity contribution >= 4 is 11.3 Å². The number of thiazole rings is 1. The molecule has 0 radical (unpaired) electrons. The largest absolute Gasteiger partial charge is 0.312 e. The summed E-state index contributed by atoms with van der Waals surface area (Å²) >= 11 is 1.72. The molecule has 0 aliphatic rings. The Balaban J connectivity index is 1.90. The van der Waals surface area contributed by atoms with Crippen molar-refractivity contribution in [2.45, 2.75) is 39.7 Å². The zero-order valence-corrected chi connectivity index (χ0v) is 9.94. The van der Waals surface area contributed by atoms with Gasteiger partial charge in [-0.3, -0.25) is 4.98 Å². The third-order valence-electron chi connectivity index (χ3n) is 2.17. The predicted octanol–water partition coefficient (Wildman–Crippen LogP) is 3.06. The van der Waals surface area contributed by atoms with Crippen LogP contribution in [0.2, 0.25) is 0 Å². The topological polar surface area (TPSA) is 24.9 Å². The predicted molar refractivity (Wildman–Crippen MR) is 62.5 cm³/mol. The Bertz CT molecular complexity index is 219. The molecular weight excluding hydrogens is 192 g/mol. The first-order valence-corrected chi connectivity index (χ1v) is 6.25. The fourth-order valence-corrected chi connectivity index (χ4v) is 1.91. The highest BCUT2D eigenvalue weighted by Crippen LogP contribution is 2.06. The van der Waals surface area contributed by atoms with Crippen LogP contribution in [-0.4, -0.2) is 11.5 Å². The third-order valence-corrected chi connectivity index (χ3v) is 2.95. The lowest BCUT2D eigenvalue weighted by Gasteiger charge is -2.04. The molecule has 0 fully saturated rings. The Morgan fingerprint density at radius 1 is 1.43 bits per heavy atom. The molecule has 1 rings (SSSR count). The number of aromatic nitrogens is 1. The molecule has 1 heterocycles. The number of rotatable bonds is 7. The molecule has 80 valence electrons. The summed E-state index contributed by atoms with van der Waals surface area (Å²) in [6.07, 6.45) is 5.92. The van der Waals surface area contributed by atoms with Gasteiger partial charge in [0.2, 0.25) is 0 Å². The summed E-state index contributed by atoms with van der Waals surface area (Å²) in [7, 11) is 0. The van der Waals surface area contributed by atoms with E-state index in [1.807, 2.05) is 11.7 Å². The first kappa shape index (κ1) is 11.7. The lowest BCUT2D eigenvalue weighted by Crippen LogP contribution is -2.13. The minimum Gasteiger partial charge on any atom is -0.312 e. The van der Waals surface area contributed by atoms with Crippen LogP contribution >= 0.6 is 11.3 Å². The molecule has 14 heavy (non-hydrogen) atoms. The molecule has 2 nitrogen and oxygen atoms in total. The molecule has 0 aromatic carbocycles. The van der Waals surface area contributed by atoms with Crippen LogP contribution in [0.15, 0.2) is 11.7 Å². The molecule has 0 aliphatic heterocycles. The van der Waals surface area contributed by atoms with Crippen molar-refractivity contribution < 1.29 is 0 Å². The van der Waals surface area contributed by atoms with Crippen LogP contribution in [0.5, 0.6) is 0 Å². The number of hydrogen-bond acceptors (Lipinski definition) is 3. The van der Waals surface area contributed by atoms with Crippen LogP contribution < -0.4 is 5.32 Å². The SMILES string of the molecule is CC(C)CCCCNCc1cncs1. The van der Waals surface area contributed by atoms with Gasteiger partial charge in [0.1, 0.15) is 0 Å². The molecule has 0 saturated carbocycles. The zero-order valence-electron chi connectivity index (χ0n) is 9.12. The smallest absolute Gasteiger partial charge is 0.0794 e. The third kappa shape index (κ3) is 5.35. The van der Waals surface area contributed by atoms with Crippen LogP contribution in [0.25, 0.3) is 0 Å². The maximum atomic E-state index is 4.04. The van der Waals surface area contributed by atoms with Crippen molar-refractivity contribution in [3.8, 4) is 0 Å². The number of hydrogen-bond donors (Lipinski definition) is 1. The molecule has 0 spiro atoms. The van der Waals surface area contributed by atoms with E-state index < -0.39 is 0 Å². The van der Waals surface area contributed by atoms with E-state index in [9.17, 15) is 0 Å². The van der Waals surface area contributed by atoms with Crippen molar-refractivity contribution in [1.82, 2.24) is 10.3 Å². The molecule has 0 saturated heterocycles. The minimum absolute atomic E-state index is 0.844. The van der Waals surface area contributed by atoms with E-state index in [-0.39, 0.29) is 0 Å². The van der Waals surface area contributed by atoms with Crippen molar-refractivity contribution in [3.05, 3.63) is 16.6 Å². The summed E-state index contributed by atoms with van der Waals surface area (Å²) in [6.45, 7) is 6.67. The molecule has 1 aromatic rings.